The number of methoxy groups -OCH3 is 1. The van der Waals surface area contributed by atoms with Gasteiger partial charge in [-0.1, -0.05) is 31.2 Å². The fraction of sp³-hybridized carbons (Fsp3) is 0.357. The highest BCUT2D eigenvalue weighted by molar-refractivity contribution is 5.91. The molecule has 0 saturated carbocycles. The minimum atomic E-state index is 0.304. The maximum Gasteiger partial charge on any atom is 0.134 e. The molecule has 0 radical (unpaired) electrons. The predicted octanol–water partition coefficient (Wildman–Crippen LogP) is 3.07. The maximum absolute atomic E-state index is 5.19. The Balaban J connectivity index is 2.28. The van der Waals surface area contributed by atoms with Crippen LogP contribution in [-0.2, 0) is 4.74 Å². The number of benzene rings is 1. The van der Waals surface area contributed by atoms with E-state index in [0.717, 1.165) is 17.6 Å². The van der Waals surface area contributed by atoms with E-state index in [4.69, 9.17) is 4.74 Å². The van der Waals surface area contributed by atoms with E-state index in [1.165, 1.54) is 5.39 Å². The van der Waals surface area contributed by atoms with E-state index in [2.05, 4.69) is 29.4 Å². The highest BCUT2D eigenvalue weighted by atomic mass is 16.5. The van der Waals surface area contributed by atoms with E-state index in [0.29, 0.717) is 12.6 Å². The summed E-state index contributed by atoms with van der Waals surface area (Å²) < 4.78 is 5.19. The number of ether oxygens (including phenoxy) is 1. The molecule has 0 aliphatic rings. The van der Waals surface area contributed by atoms with Crippen molar-refractivity contribution in [2.45, 2.75) is 19.4 Å². The summed E-state index contributed by atoms with van der Waals surface area (Å²) in [7, 11) is 1.72. The molecule has 2 rings (SSSR count). The Hall–Kier alpha value is -1.61. The molecule has 3 nitrogen and oxygen atoms in total. The van der Waals surface area contributed by atoms with E-state index < -0.39 is 0 Å². The molecule has 0 saturated heterocycles. The highest BCUT2D eigenvalue weighted by Gasteiger charge is 2.08. The van der Waals surface area contributed by atoms with Crippen LogP contribution in [0.15, 0.2) is 36.5 Å². The molecule has 1 atom stereocenters. The van der Waals surface area contributed by atoms with Gasteiger partial charge in [0.15, 0.2) is 0 Å². The predicted molar refractivity (Wildman–Crippen MR) is 71.3 cm³/mol. The largest absolute Gasteiger partial charge is 0.383 e. The van der Waals surface area contributed by atoms with Crippen molar-refractivity contribution in [3.8, 4) is 0 Å². The molecule has 3 heteroatoms. The van der Waals surface area contributed by atoms with E-state index in [-0.39, 0.29) is 0 Å². The Morgan fingerprint density at radius 3 is 2.88 bits per heavy atom. The minimum Gasteiger partial charge on any atom is -0.383 e. The molecule has 0 spiro atoms. The molecule has 0 amide bonds. The maximum atomic E-state index is 5.19. The zero-order chi connectivity index (χ0) is 12.1. The first kappa shape index (κ1) is 11.9. The van der Waals surface area contributed by atoms with Gasteiger partial charge in [-0.3, -0.25) is 0 Å². The second-order valence-corrected chi connectivity index (χ2v) is 4.09. The lowest BCUT2D eigenvalue weighted by molar-refractivity contribution is 0.184. The lowest BCUT2D eigenvalue weighted by Gasteiger charge is -2.17. The molecule has 1 aromatic heterocycles. The molecule has 1 N–H and O–H groups in total. The number of hydrogen-bond donors (Lipinski definition) is 1. The third-order valence-electron chi connectivity index (χ3n) is 2.88. The number of fused-ring (bicyclic) bond motifs is 1. The van der Waals surface area contributed by atoms with Crippen molar-refractivity contribution in [3.05, 3.63) is 36.5 Å². The standard InChI is InChI=1S/C14H18N2O/c1-3-12(10-17-2)16-14-13-7-5-4-6-11(13)8-9-15-14/h4-9,12H,3,10H2,1-2H3,(H,15,16). The van der Waals surface area contributed by atoms with Crippen LogP contribution >= 0.6 is 0 Å². The Morgan fingerprint density at radius 1 is 1.29 bits per heavy atom. The molecule has 0 fully saturated rings. The van der Waals surface area contributed by atoms with Crippen molar-refractivity contribution in [2.75, 3.05) is 19.0 Å². The summed E-state index contributed by atoms with van der Waals surface area (Å²) in [4.78, 5) is 4.41. The highest BCUT2D eigenvalue weighted by Crippen LogP contribution is 2.21. The molecule has 1 unspecified atom stereocenters. The van der Waals surface area contributed by atoms with Crippen LogP contribution in [0.3, 0.4) is 0 Å². The molecule has 0 aliphatic carbocycles. The second kappa shape index (κ2) is 5.64. The third-order valence-corrected chi connectivity index (χ3v) is 2.88. The van der Waals surface area contributed by atoms with Crippen molar-refractivity contribution < 1.29 is 4.74 Å². The number of nitrogens with zero attached hydrogens (tertiary/aromatic N) is 1. The number of hydrogen-bond acceptors (Lipinski definition) is 3. The summed E-state index contributed by atoms with van der Waals surface area (Å²) in [5.74, 6) is 0.937. The Morgan fingerprint density at radius 2 is 2.12 bits per heavy atom. The van der Waals surface area contributed by atoms with Gasteiger partial charge in [-0.15, -0.1) is 0 Å². The third kappa shape index (κ3) is 2.74. The average Bonchev–Trinajstić information content (AvgIpc) is 2.38. The molecule has 1 heterocycles. The summed E-state index contributed by atoms with van der Waals surface area (Å²) >= 11 is 0. The molecular formula is C14H18N2O. The number of rotatable bonds is 5. The number of anilines is 1. The van der Waals surface area contributed by atoms with Gasteiger partial charge in [-0.2, -0.15) is 0 Å². The molecule has 90 valence electrons. The Labute approximate surface area is 102 Å². The van der Waals surface area contributed by atoms with Gasteiger partial charge in [0.05, 0.1) is 12.6 Å². The van der Waals surface area contributed by atoms with Gasteiger partial charge in [-0.05, 0) is 17.9 Å². The van der Waals surface area contributed by atoms with E-state index in [9.17, 15) is 0 Å². The van der Waals surface area contributed by atoms with Crippen molar-refractivity contribution >= 4 is 16.6 Å². The zero-order valence-electron chi connectivity index (χ0n) is 10.3. The zero-order valence-corrected chi connectivity index (χ0v) is 10.3. The van der Waals surface area contributed by atoms with Gasteiger partial charge >= 0.3 is 0 Å². The van der Waals surface area contributed by atoms with Crippen LogP contribution in [0.25, 0.3) is 10.8 Å². The quantitative estimate of drug-likeness (QED) is 0.857. The monoisotopic (exact) mass is 230 g/mol. The molecule has 1 aromatic carbocycles. The van der Waals surface area contributed by atoms with E-state index in [1.807, 2.05) is 24.4 Å². The van der Waals surface area contributed by atoms with Crippen molar-refractivity contribution in [1.82, 2.24) is 4.98 Å². The van der Waals surface area contributed by atoms with Gasteiger partial charge < -0.3 is 10.1 Å². The van der Waals surface area contributed by atoms with Crippen LogP contribution in [0.5, 0.6) is 0 Å². The molecule has 2 aromatic rings. The summed E-state index contributed by atoms with van der Waals surface area (Å²) in [6.45, 7) is 2.84. The van der Waals surface area contributed by atoms with Gasteiger partial charge in [0.1, 0.15) is 5.82 Å². The van der Waals surface area contributed by atoms with Crippen LogP contribution in [0.4, 0.5) is 5.82 Å². The lowest BCUT2D eigenvalue weighted by atomic mass is 10.1. The van der Waals surface area contributed by atoms with Crippen LogP contribution in [-0.4, -0.2) is 24.7 Å². The SMILES string of the molecule is CCC(COC)Nc1nccc2ccccc12. The lowest BCUT2D eigenvalue weighted by Crippen LogP contribution is -2.24. The van der Waals surface area contributed by atoms with Gasteiger partial charge in [0.2, 0.25) is 0 Å². The Bertz CT molecular complexity index is 479. The number of pyridine rings is 1. The minimum absolute atomic E-state index is 0.304. The fourth-order valence-electron chi connectivity index (χ4n) is 1.89. The molecular weight excluding hydrogens is 212 g/mol. The smallest absolute Gasteiger partial charge is 0.134 e. The molecule has 17 heavy (non-hydrogen) atoms. The topological polar surface area (TPSA) is 34.1 Å². The van der Waals surface area contributed by atoms with Crippen LogP contribution in [0.1, 0.15) is 13.3 Å². The summed E-state index contributed by atoms with van der Waals surface area (Å²) in [5.41, 5.74) is 0. The number of aromatic nitrogens is 1. The summed E-state index contributed by atoms with van der Waals surface area (Å²) in [6, 6.07) is 10.6. The summed E-state index contributed by atoms with van der Waals surface area (Å²) in [5, 5.41) is 5.80. The van der Waals surface area contributed by atoms with Gasteiger partial charge in [0.25, 0.3) is 0 Å². The summed E-state index contributed by atoms with van der Waals surface area (Å²) in [6.07, 6.45) is 2.85. The normalized spacial score (nSPS) is 12.6. The first-order valence-electron chi connectivity index (χ1n) is 5.94. The second-order valence-electron chi connectivity index (χ2n) is 4.09. The number of nitrogens with one attached hydrogen (secondary N) is 1. The van der Waals surface area contributed by atoms with Crippen LogP contribution in [0.2, 0.25) is 0 Å². The van der Waals surface area contributed by atoms with E-state index in [1.54, 1.807) is 7.11 Å². The fourth-order valence-corrected chi connectivity index (χ4v) is 1.89. The van der Waals surface area contributed by atoms with E-state index >= 15 is 0 Å². The molecule has 0 aliphatic heterocycles. The van der Waals surface area contributed by atoms with Crippen molar-refractivity contribution in [2.24, 2.45) is 0 Å². The molecule has 0 bridgehead atoms. The van der Waals surface area contributed by atoms with Gasteiger partial charge in [0, 0.05) is 18.7 Å². The average molecular weight is 230 g/mol. The first-order valence-corrected chi connectivity index (χ1v) is 5.94. The van der Waals surface area contributed by atoms with Crippen LogP contribution in [0, 0.1) is 0 Å². The Kier molecular flexibility index (Phi) is 3.94. The van der Waals surface area contributed by atoms with Crippen molar-refractivity contribution in [3.63, 3.8) is 0 Å². The van der Waals surface area contributed by atoms with Crippen molar-refractivity contribution in [1.29, 1.82) is 0 Å². The first-order chi connectivity index (χ1) is 8.35. The van der Waals surface area contributed by atoms with Gasteiger partial charge in [-0.25, -0.2) is 4.98 Å². The van der Waals surface area contributed by atoms with Crippen LogP contribution < -0.4 is 5.32 Å².